The average molecular weight is 255 g/mol. The number of aromatic nitrogens is 1. The molecular weight excluding hydrogens is 238 g/mol. The summed E-state index contributed by atoms with van der Waals surface area (Å²) in [5.74, 6) is -0.246. The van der Waals surface area contributed by atoms with Crippen LogP contribution in [0.1, 0.15) is 28.5 Å². The molecule has 1 amide bonds. The smallest absolute Gasteiger partial charge is 0.272 e. The number of hydrogen-bond acceptors (Lipinski definition) is 3. The number of aryl methyl sites for hydroxylation is 1. The molecule has 0 fully saturated rings. The third-order valence-corrected chi connectivity index (χ3v) is 2.99. The second-order valence-electron chi connectivity index (χ2n) is 4.25. The van der Waals surface area contributed by atoms with Crippen molar-refractivity contribution in [1.29, 1.82) is 0 Å². The Bertz CT molecular complexity index is 581. The van der Waals surface area contributed by atoms with Gasteiger partial charge in [0.25, 0.3) is 5.91 Å². The molecule has 0 spiro atoms. The van der Waals surface area contributed by atoms with Crippen LogP contribution in [0, 0.1) is 0 Å². The summed E-state index contributed by atoms with van der Waals surface area (Å²) in [5.41, 5.74) is 8.74. The van der Waals surface area contributed by atoms with E-state index >= 15 is 0 Å². The number of carbonyl (C=O) groups is 1. The van der Waals surface area contributed by atoms with Gasteiger partial charge in [-0.05, 0) is 29.7 Å². The lowest BCUT2D eigenvalue weighted by molar-refractivity contribution is 0.0947. The Balaban J connectivity index is 2.07. The first-order valence-electron chi connectivity index (χ1n) is 6.28. The average Bonchev–Trinajstić information content (AvgIpc) is 2.45. The van der Waals surface area contributed by atoms with E-state index in [9.17, 15) is 4.79 Å². The zero-order valence-corrected chi connectivity index (χ0v) is 10.9. The number of hydrogen-bond donors (Lipinski definition) is 2. The van der Waals surface area contributed by atoms with Crippen LogP contribution >= 0.6 is 0 Å². The van der Waals surface area contributed by atoms with Crippen LogP contribution in [0.15, 0.2) is 42.6 Å². The van der Waals surface area contributed by atoms with Gasteiger partial charge in [-0.15, -0.1) is 0 Å². The van der Waals surface area contributed by atoms with Gasteiger partial charge in [-0.2, -0.15) is 0 Å². The SMILES string of the molecule is CCc1ccccc1CNC(=O)c1ncccc1N. The summed E-state index contributed by atoms with van der Waals surface area (Å²) in [7, 11) is 0. The van der Waals surface area contributed by atoms with Gasteiger partial charge in [0.2, 0.25) is 0 Å². The van der Waals surface area contributed by atoms with E-state index in [1.54, 1.807) is 18.3 Å². The van der Waals surface area contributed by atoms with Gasteiger partial charge in [0.1, 0.15) is 0 Å². The molecule has 0 aliphatic rings. The van der Waals surface area contributed by atoms with Gasteiger partial charge in [0, 0.05) is 12.7 Å². The van der Waals surface area contributed by atoms with E-state index < -0.39 is 0 Å². The van der Waals surface area contributed by atoms with Gasteiger partial charge in [0.15, 0.2) is 5.69 Å². The fourth-order valence-corrected chi connectivity index (χ4v) is 1.94. The normalized spacial score (nSPS) is 10.2. The predicted octanol–water partition coefficient (Wildman–Crippen LogP) is 2.16. The van der Waals surface area contributed by atoms with Crippen LogP contribution in [-0.2, 0) is 13.0 Å². The number of nitrogen functional groups attached to an aromatic ring is 1. The fourth-order valence-electron chi connectivity index (χ4n) is 1.94. The Morgan fingerprint density at radius 3 is 2.63 bits per heavy atom. The maximum Gasteiger partial charge on any atom is 0.272 e. The number of nitrogens with one attached hydrogen (secondary N) is 1. The molecule has 0 unspecified atom stereocenters. The molecule has 0 atom stereocenters. The minimum absolute atomic E-state index is 0.246. The Morgan fingerprint density at radius 2 is 1.95 bits per heavy atom. The molecule has 2 aromatic rings. The number of carbonyl (C=O) groups excluding carboxylic acids is 1. The zero-order valence-electron chi connectivity index (χ0n) is 10.9. The Morgan fingerprint density at radius 1 is 1.21 bits per heavy atom. The summed E-state index contributed by atoms with van der Waals surface area (Å²) in [6.07, 6.45) is 2.50. The van der Waals surface area contributed by atoms with E-state index in [4.69, 9.17) is 5.73 Å². The molecular formula is C15H17N3O. The monoisotopic (exact) mass is 255 g/mol. The predicted molar refractivity (Wildman–Crippen MR) is 75.6 cm³/mol. The maximum atomic E-state index is 12.0. The third kappa shape index (κ3) is 3.10. The van der Waals surface area contributed by atoms with E-state index in [-0.39, 0.29) is 11.6 Å². The van der Waals surface area contributed by atoms with E-state index in [0.717, 1.165) is 12.0 Å². The number of benzene rings is 1. The minimum Gasteiger partial charge on any atom is -0.397 e. The lowest BCUT2D eigenvalue weighted by Gasteiger charge is -2.09. The molecule has 4 heteroatoms. The van der Waals surface area contributed by atoms with E-state index in [2.05, 4.69) is 23.3 Å². The Hall–Kier alpha value is -2.36. The second-order valence-corrected chi connectivity index (χ2v) is 4.25. The van der Waals surface area contributed by atoms with Crippen molar-refractivity contribution < 1.29 is 4.79 Å². The second kappa shape index (κ2) is 6.00. The van der Waals surface area contributed by atoms with Crippen molar-refractivity contribution in [3.63, 3.8) is 0 Å². The highest BCUT2D eigenvalue weighted by molar-refractivity contribution is 5.96. The third-order valence-electron chi connectivity index (χ3n) is 2.99. The summed E-state index contributed by atoms with van der Waals surface area (Å²) < 4.78 is 0. The highest BCUT2D eigenvalue weighted by Crippen LogP contribution is 2.10. The van der Waals surface area contributed by atoms with Crippen LogP contribution in [-0.4, -0.2) is 10.9 Å². The number of amides is 1. The number of rotatable bonds is 4. The molecule has 98 valence electrons. The standard InChI is InChI=1S/C15H17N3O/c1-2-11-6-3-4-7-12(11)10-18-15(19)14-13(16)8-5-9-17-14/h3-9H,2,10,16H2,1H3,(H,18,19). The molecule has 0 radical (unpaired) electrons. The van der Waals surface area contributed by atoms with Crippen molar-refractivity contribution in [2.24, 2.45) is 0 Å². The molecule has 0 saturated heterocycles. The molecule has 0 bridgehead atoms. The van der Waals surface area contributed by atoms with Gasteiger partial charge in [-0.25, -0.2) is 4.98 Å². The summed E-state index contributed by atoms with van der Waals surface area (Å²) in [6, 6.07) is 11.4. The summed E-state index contributed by atoms with van der Waals surface area (Å²) in [6.45, 7) is 2.58. The molecule has 4 nitrogen and oxygen atoms in total. The molecule has 1 aromatic carbocycles. The van der Waals surface area contributed by atoms with E-state index in [0.29, 0.717) is 12.2 Å². The summed E-state index contributed by atoms with van der Waals surface area (Å²) in [5, 5.41) is 2.85. The van der Waals surface area contributed by atoms with Crippen LogP contribution in [0.25, 0.3) is 0 Å². The Labute approximate surface area is 112 Å². The van der Waals surface area contributed by atoms with Gasteiger partial charge in [-0.3, -0.25) is 4.79 Å². The largest absolute Gasteiger partial charge is 0.397 e. The fraction of sp³-hybridized carbons (Fsp3) is 0.200. The lowest BCUT2D eigenvalue weighted by Crippen LogP contribution is -2.25. The van der Waals surface area contributed by atoms with Crippen molar-refractivity contribution in [3.05, 3.63) is 59.4 Å². The molecule has 0 aliphatic carbocycles. The Kier molecular flexibility index (Phi) is 4.13. The first-order chi connectivity index (χ1) is 9.22. The van der Waals surface area contributed by atoms with Gasteiger partial charge >= 0.3 is 0 Å². The number of anilines is 1. The maximum absolute atomic E-state index is 12.0. The topological polar surface area (TPSA) is 68.0 Å². The van der Waals surface area contributed by atoms with E-state index in [1.165, 1.54) is 5.56 Å². The van der Waals surface area contributed by atoms with Crippen molar-refractivity contribution in [3.8, 4) is 0 Å². The van der Waals surface area contributed by atoms with Crippen LogP contribution in [0.4, 0.5) is 5.69 Å². The molecule has 3 N–H and O–H groups in total. The van der Waals surface area contributed by atoms with Crippen molar-refractivity contribution >= 4 is 11.6 Å². The van der Waals surface area contributed by atoms with Gasteiger partial charge in [0.05, 0.1) is 5.69 Å². The number of pyridine rings is 1. The van der Waals surface area contributed by atoms with Crippen molar-refractivity contribution in [1.82, 2.24) is 10.3 Å². The quantitative estimate of drug-likeness (QED) is 0.879. The number of nitrogens with zero attached hydrogens (tertiary/aromatic N) is 1. The molecule has 1 heterocycles. The molecule has 0 aliphatic heterocycles. The van der Waals surface area contributed by atoms with Crippen LogP contribution < -0.4 is 11.1 Å². The minimum atomic E-state index is -0.246. The zero-order chi connectivity index (χ0) is 13.7. The van der Waals surface area contributed by atoms with Crippen LogP contribution in [0.5, 0.6) is 0 Å². The van der Waals surface area contributed by atoms with E-state index in [1.807, 2.05) is 18.2 Å². The van der Waals surface area contributed by atoms with Gasteiger partial charge < -0.3 is 11.1 Å². The molecule has 1 aromatic heterocycles. The van der Waals surface area contributed by atoms with Crippen LogP contribution in [0.3, 0.4) is 0 Å². The highest BCUT2D eigenvalue weighted by Gasteiger charge is 2.10. The highest BCUT2D eigenvalue weighted by atomic mass is 16.1. The summed E-state index contributed by atoms with van der Waals surface area (Å²) in [4.78, 5) is 16.0. The summed E-state index contributed by atoms with van der Waals surface area (Å²) >= 11 is 0. The molecule has 0 saturated carbocycles. The first kappa shape index (κ1) is 13.1. The first-order valence-corrected chi connectivity index (χ1v) is 6.28. The van der Waals surface area contributed by atoms with Crippen LogP contribution in [0.2, 0.25) is 0 Å². The molecule has 19 heavy (non-hydrogen) atoms. The lowest BCUT2D eigenvalue weighted by atomic mass is 10.1. The number of nitrogens with two attached hydrogens (primary N) is 1. The van der Waals surface area contributed by atoms with Crippen molar-refractivity contribution in [2.75, 3.05) is 5.73 Å². The van der Waals surface area contributed by atoms with Crippen molar-refractivity contribution in [2.45, 2.75) is 19.9 Å². The molecule has 2 rings (SSSR count). The van der Waals surface area contributed by atoms with Gasteiger partial charge in [-0.1, -0.05) is 31.2 Å².